The average molecular weight is 551 g/mol. The fourth-order valence-electron chi connectivity index (χ4n) is 3.35. The van der Waals surface area contributed by atoms with Crippen molar-refractivity contribution in [2.24, 2.45) is 10.6 Å². The second-order valence-electron chi connectivity index (χ2n) is 8.74. The predicted octanol–water partition coefficient (Wildman–Crippen LogP) is 5.91. The summed E-state index contributed by atoms with van der Waals surface area (Å²) in [5.41, 5.74) is 1.71. The first-order valence-electron chi connectivity index (χ1n) is 10.3. The molecule has 3 rings (SSSR count). The van der Waals surface area contributed by atoms with Crippen LogP contribution in [0.3, 0.4) is 0 Å². The van der Waals surface area contributed by atoms with Crippen molar-refractivity contribution in [3.8, 4) is 0 Å². The lowest BCUT2D eigenvalue weighted by atomic mass is 9.86. The number of benzene rings is 2. The lowest BCUT2D eigenvalue weighted by Crippen LogP contribution is -2.48. The number of oxime groups is 1. The number of alkyl halides is 4. The topological polar surface area (TPSA) is 79.8 Å². The highest BCUT2D eigenvalue weighted by atomic mass is 35.5. The highest BCUT2D eigenvalue weighted by Gasteiger charge is 2.62. The van der Waals surface area contributed by atoms with Gasteiger partial charge in [0.1, 0.15) is 0 Å². The monoisotopic (exact) mass is 549 g/mol. The van der Waals surface area contributed by atoms with Crippen LogP contribution < -0.4 is 10.9 Å². The zero-order chi connectivity index (χ0) is 26.2. The zero-order valence-electron chi connectivity index (χ0n) is 18.8. The van der Waals surface area contributed by atoms with Crippen molar-refractivity contribution >= 4 is 52.3 Å². The maximum atomic E-state index is 14.2. The number of carbonyl (C=O) groups is 2. The van der Waals surface area contributed by atoms with Crippen molar-refractivity contribution in [3.63, 3.8) is 0 Å². The third kappa shape index (κ3) is 5.52. The van der Waals surface area contributed by atoms with Crippen LogP contribution in [0.1, 0.15) is 47.3 Å². The van der Waals surface area contributed by atoms with E-state index >= 15 is 0 Å². The molecular formula is C23H21Cl3F3N3O3. The fraction of sp³-hybridized carbons (Fsp3) is 0.348. The van der Waals surface area contributed by atoms with Crippen molar-refractivity contribution in [1.29, 1.82) is 0 Å². The molecule has 0 saturated carbocycles. The Morgan fingerprint density at radius 2 is 1.71 bits per heavy atom. The molecule has 1 unspecified atom stereocenters. The highest BCUT2D eigenvalue weighted by molar-refractivity contribution is 6.34. The molecular weight excluding hydrogens is 530 g/mol. The number of aryl methyl sites for hydroxylation is 1. The Hall–Kier alpha value is -2.49. The van der Waals surface area contributed by atoms with Crippen LogP contribution in [0.2, 0.25) is 10.0 Å². The van der Waals surface area contributed by atoms with Gasteiger partial charge in [-0.15, -0.1) is 11.6 Å². The van der Waals surface area contributed by atoms with Crippen molar-refractivity contribution in [2.45, 2.75) is 39.0 Å². The molecule has 1 heterocycles. The summed E-state index contributed by atoms with van der Waals surface area (Å²) < 4.78 is 42.5. The maximum absolute atomic E-state index is 14.2. The molecule has 2 N–H and O–H groups in total. The molecule has 12 heteroatoms. The van der Waals surface area contributed by atoms with Gasteiger partial charge in [-0.05, 0) is 62.2 Å². The van der Waals surface area contributed by atoms with Crippen LogP contribution >= 0.6 is 34.8 Å². The Labute approximate surface area is 214 Å². The number of halogens is 6. The molecule has 0 aliphatic carbocycles. The first-order chi connectivity index (χ1) is 16.2. The Kier molecular flexibility index (Phi) is 7.64. The van der Waals surface area contributed by atoms with Crippen LogP contribution in [0, 0.1) is 12.3 Å². The summed E-state index contributed by atoms with van der Waals surface area (Å²) in [5.74, 6) is -1.03. The summed E-state index contributed by atoms with van der Waals surface area (Å²) >= 11 is 17.6. The SMILES string of the molecule is Cc1cc(C2=NOC(c3cc(Cl)cc(Cl)c3)(C(F)(F)F)C2)ccc1C(=O)NNC(=O)C(C)(C)CCl. The molecule has 1 aliphatic rings. The fourth-order valence-corrected chi connectivity index (χ4v) is 4.00. The Morgan fingerprint density at radius 1 is 1.09 bits per heavy atom. The van der Waals surface area contributed by atoms with Gasteiger partial charge in [0.05, 0.1) is 11.1 Å². The molecule has 0 saturated heterocycles. The van der Waals surface area contributed by atoms with Gasteiger partial charge in [0.25, 0.3) is 11.5 Å². The van der Waals surface area contributed by atoms with Crippen molar-refractivity contribution in [1.82, 2.24) is 10.9 Å². The molecule has 0 aromatic heterocycles. The van der Waals surface area contributed by atoms with Crippen LogP contribution in [-0.2, 0) is 15.2 Å². The molecule has 2 aromatic rings. The maximum Gasteiger partial charge on any atom is 0.435 e. The quantitative estimate of drug-likeness (QED) is 0.359. The largest absolute Gasteiger partial charge is 0.435 e. The lowest BCUT2D eigenvalue weighted by Gasteiger charge is -2.29. The molecule has 2 amide bonds. The Bertz CT molecular complexity index is 1180. The third-order valence-electron chi connectivity index (χ3n) is 5.56. The standard InChI is InChI=1S/C23H21Cl3F3N3O3/c1-12-6-13(4-5-17(12)19(33)30-31-20(34)21(2,3)11-24)18-10-22(35-32-18,23(27,28)29)14-7-15(25)9-16(26)8-14/h4-9H,10-11H2,1-3H3,(H,30,33)(H,31,34). The first-order valence-corrected chi connectivity index (χ1v) is 11.6. The van der Waals surface area contributed by atoms with Crippen LogP contribution in [0.25, 0.3) is 0 Å². The second-order valence-corrected chi connectivity index (χ2v) is 9.88. The van der Waals surface area contributed by atoms with Crippen molar-refractivity contribution in [3.05, 3.63) is 68.7 Å². The first kappa shape index (κ1) is 27.1. The van der Waals surface area contributed by atoms with Gasteiger partial charge in [0.15, 0.2) is 0 Å². The van der Waals surface area contributed by atoms with Gasteiger partial charge >= 0.3 is 6.18 Å². The van der Waals surface area contributed by atoms with E-state index in [1.54, 1.807) is 20.8 Å². The van der Waals surface area contributed by atoms with Gasteiger partial charge in [-0.25, -0.2) is 0 Å². The highest BCUT2D eigenvalue weighted by Crippen LogP contribution is 2.49. The van der Waals surface area contributed by atoms with Gasteiger partial charge in [-0.2, -0.15) is 13.2 Å². The van der Waals surface area contributed by atoms with E-state index in [-0.39, 0.29) is 32.8 Å². The van der Waals surface area contributed by atoms with E-state index in [4.69, 9.17) is 39.6 Å². The molecule has 0 spiro atoms. The Balaban J connectivity index is 1.82. The number of hydrogen-bond donors (Lipinski definition) is 2. The minimum atomic E-state index is -4.82. The van der Waals surface area contributed by atoms with Crippen LogP contribution in [-0.4, -0.2) is 29.6 Å². The van der Waals surface area contributed by atoms with Gasteiger partial charge in [-0.1, -0.05) is 34.4 Å². The molecule has 0 bridgehead atoms. The van der Waals surface area contributed by atoms with Crippen LogP contribution in [0.4, 0.5) is 13.2 Å². The minimum Gasteiger partial charge on any atom is -0.374 e. The molecule has 35 heavy (non-hydrogen) atoms. The van der Waals surface area contributed by atoms with E-state index < -0.39 is 35.4 Å². The molecule has 0 fully saturated rings. The summed E-state index contributed by atoms with van der Waals surface area (Å²) in [7, 11) is 0. The van der Waals surface area contributed by atoms with E-state index in [9.17, 15) is 22.8 Å². The number of hydrazine groups is 1. The van der Waals surface area contributed by atoms with Crippen molar-refractivity contribution < 1.29 is 27.6 Å². The lowest BCUT2D eigenvalue weighted by molar-refractivity contribution is -0.275. The minimum absolute atomic E-state index is 0.0286. The smallest absolute Gasteiger partial charge is 0.374 e. The molecule has 2 aromatic carbocycles. The van der Waals surface area contributed by atoms with Gasteiger partial charge < -0.3 is 4.84 Å². The van der Waals surface area contributed by atoms with E-state index in [1.807, 2.05) is 0 Å². The number of nitrogens with zero attached hydrogens (tertiary/aromatic N) is 1. The number of carbonyl (C=O) groups excluding carboxylic acids is 2. The summed E-state index contributed by atoms with van der Waals surface area (Å²) in [5, 5.41) is 3.77. The average Bonchev–Trinajstić information content (AvgIpc) is 3.23. The molecule has 1 aliphatic heterocycles. The van der Waals surface area contributed by atoms with E-state index in [1.165, 1.54) is 24.3 Å². The third-order valence-corrected chi connectivity index (χ3v) is 6.66. The number of nitrogens with one attached hydrogen (secondary N) is 2. The van der Waals surface area contributed by atoms with Gasteiger partial charge in [0.2, 0.25) is 5.91 Å². The predicted molar refractivity (Wildman–Crippen MR) is 128 cm³/mol. The van der Waals surface area contributed by atoms with Crippen LogP contribution in [0.15, 0.2) is 41.6 Å². The number of amides is 2. The summed E-state index contributed by atoms with van der Waals surface area (Å²) in [6.07, 6.45) is -5.45. The molecule has 188 valence electrons. The second kappa shape index (κ2) is 9.87. The Morgan fingerprint density at radius 3 is 2.26 bits per heavy atom. The number of hydrogen-bond acceptors (Lipinski definition) is 4. The van der Waals surface area contributed by atoms with Gasteiger partial charge in [0, 0.05) is 33.5 Å². The van der Waals surface area contributed by atoms with Crippen LogP contribution in [0.5, 0.6) is 0 Å². The molecule has 6 nitrogen and oxygen atoms in total. The summed E-state index contributed by atoms with van der Waals surface area (Å²) in [4.78, 5) is 29.6. The van der Waals surface area contributed by atoms with Crippen molar-refractivity contribution in [2.75, 3.05) is 5.88 Å². The van der Waals surface area contributed by atoms with E-state index in [2.05, 4.69) is 16.0 Å². The number of rotatable bonds is 5. The molecule has 0 radical (unpaired) electrons. The zero-order valence-corrected chi connectivity index (χ0v) is 21.1. The summed E-state index contributed by atoms with van der Waals surface area (Å²) in [6, 6.07) is 7.98. The van der Waals surface area contributed by atoms with E-state index in [0.29, 0.717) is 11.1 Å². The van der Waals surface area contributed by atoms with E-state index in [0.717, 1.165) is 12.1 Å². The molecule has 1 atom stereocenters. The van der Waals surface area contributed by atoms with Gasteiger partial charge in [-0.3, -0.25) is 20.4 Å². The summed E-state index contributed by atoms with van der Waals surface area (Å²) in [6.45, 7) is 4.83. The normalized spacial score (nSPS) is 18.0.